The number of benzene rings is 1. The van der Waals surface area contributed by atoms with E-state index in [-0.39, 0.29) is 5.41 Å². The monoisotopic (exact) mass is 368 g/mol. The van der Waals surface area contributed by atoms with E-state index in [1.54, 1.807) is 0 Å². The lowest BCUT2D eigenvalue weighted by molar-refractivity contribution is 0.0510. The average Bonchev–Trinajstić information content (AvgIpc) is 3.08. The highest BCUT2D eigenvalue weighted by molar-refractivity contribution is 5.79. The molecule has 1 saturated heterocycles. The minimum atomic E-state index is 0.0886. The van der Waals surface area contributed by atoms with Gasteiger partial charge in [-0.25, -0.2) is 0 Å². The van der Waals surface area contributed by atoms with Crippen molar-refractivity contribution in [2.24, 2.45) is 12.0 Å². The van der Waals surface area contributed by atoms with E-state index in [9.17, 15) is 0 Å². The van der Waals surface area contributed by atoms with Crippen LogP contribution < -0.4 is 5.32 Å². The molecule has 3 rings (SSSR count). The van der Waals surface area contributed by atoms with Gasteiger partial charge in [-0.2, -0.15) is 0 Å². The van der Waals surface area contributed by atoms with Crippen LogP contribution in [0.3, 0.4) is 0 Å². The molecule has 1 aromatic carbocycles. The summed E-state index contributed by atoms with van der Waals surface area (Å²) in [5.74, 6) is 0.927. The van der Waals surface area contributed by atoms with Crippen LogP contribution in [0.1, 0.15) is 29.7 Å². The number of nitrogens with one attached hydrogen (secondary N) is 1. The summed E-state index contributed by atoms with van der Waals surface area (Å²) in [5.41, 5.74) is 4.14. The van der Waals surface area contributed by atoms with Gasteiger partial charge in [-0.3, -0.25) is 4.99 Å². The van der Waals surface area contributed by atoms with Gasteiger partial charge in [-0.15, -0.1) is 0 Å². The summed E-state index contributed by atoms with van der Waals surface area (Å²) in [6, 6.07) is 13.0. The summed E-state index contributed by atoms with van der Waals surface area (Å²) >= 11 is 0. The highest BCUT2D eigenvalue weighted by Crippen LogP contribution is 2.36. The number of aryl methyl sites for hydroxylation is 2. The van der Waals surface area contributed by atoms with Crippen LogP contribution in [0, 0.1) is 6.92 Å². The molecule has 0 spiro atoms. The summed E-state index contributed by atoms with van der Waals surface area (Å²) in [7, 11) is 6.02. The van der Waals surface area contributed by atoms with E-state index in [0.29, 0.717) is 0 Å². The molecule has 5 heteroatoms. The van der Waals surface area contributed by atoms with E-state index in [1.807, 2.05) is 7.05 Å². The first kappa shape index (κ1) is 19.5. The molecule has 27 heavy (non-hydrogen) atoms. The molecular weight excluding hydrogens is 336 g/mol. The smallest absolute Gasteiger partial charge is 0.193 e. The van der Waals surface area contributed by atoms with Gasteiger partial charge >= 0.3 is 0 Å². The molecule has 0 bridgehead atoms. The van der Waals surface area contributed by atoms with Gasteiger partial charge in [0.15, 0.2) is 5.96 Å². The van der Waals surface area contributed by atoms with Crippen LogP contribution >= 0.6 is 0 Å². The van der Waals surface area contributed by atoms with Gasteiger partial charge in [0, 0.05) is 58.2 Å². The summed E-state index contributed by atoms with van der Waals surface area (Å²) in [5, 5.41) is 3.65. The van der Waals surface area contributed by atoms with Crippen molar-refractivity contribution in [2.75, 3.05) is 33.9 Å². The first-order chi connectivity index (χ1) is 13.1. The van der Waals surface area contributed by atoms with Gasteiger partial charge in [0.25, 0.3) is 0 Å². The third-order valence-electron chi connectivity index (χ3n) is 5.78. The zero-order chi connectivity index (χ0) is 19.3. The van der Waals surface area contributed by atoms with E-state index < -0.39 is 0 Å². The third kappa shape index (κ3) is 4.35. The molecule has 1 aliphatic heterocycles. The van der Waals surface area contributed by atoms with Crippen molar-refractivity contribution in [1.29, 1.82) is 0 Å². The fourth-order valence-corrected chi connectivity index (χ4v) is 4.08. The maximum atomic E-state index is 5.68. The quantitative estimate of drug-likeness (QED) is 0.651. The van der Waals surface area contributed by atoms with E-state index in [4.69, 9.17) is 4.74 Å². The summed E-state index contributed by atoms with van der Waals surface area (Å²) in [6.45, 7) is 5.53. The molecule has 0 aliphatic carbocycles. The van der Waals surface area contributed by atoms with Crippen molar-refractivity contribution in [3.8, 4) is 0 Å². The average molecular weight is 369 g/mol. The first-order valence-corrected chi connectivity index (χ1v) is 9.71. The van der Waals surface area contributed by atoms with Crippen LogP contribution in [0.5, 0.6) is 0 Å². The lowest BCUT2D eigenvalue weighted by atomic mass is 9.72. The Morgan fingerprint density at radius 1 is 1.22 bits per heavy atom. The molecule has 1 fully saturated rings. The molecule has 0 radical (unpaired) electrons. The van der Waals surface area contributed by atoms with Crippen molar-refractivity contribution < 1.29 is 4.74 Å². The first-order valence-electron chi connectivity index (χ1n) is 9.71. The van der Waals surface area contributed by atoms with Gasteiger partial charge in [0.2, 0.25) is 0 Å². The molecule has 0 amide bonds. The van der Waals surface area contributed by atoms with Crippen LogP contribution in [-0.4, -0.2) is 49.3 Å². The van der Waals surface area contributed by atoms with Crippen LogP contribution in [0.25, 0.3) is 0 Å². The normalized spacial score (nSPS) is 17.0. The summed E-state index contributed by atoms with van der Waals surface area (Å²) in [4.78, 5) is 6.70. The molecule has 146 valence electrons. The Morgan fingerprint density at radius 2 is 1.96 bits per heavy atom. The van der Waals surface area contributed by atoms with E-state index in [1.165, 1.54) is 16.8 Å². The number of rotatable bonds is 5. The Morgan fingerprint density at radius 3 is 2.59 bits per heavy atom. The molecule has 0 atom stereocenters. The zero-order valence-electron chi connectivity index (χ0n) is 17.0. The van der Waals surface area contributed by atoms with E-state index in [2.05, 4.69) is 83.4 Å². The lowest BCUT2D eigenvalue weighted by Crippen LogP contribution is -2.48. The van der Waals surface area contributed by atoms with Gasteiger partial charge < -0.3 is 19.5 Å². The van der Waals surface area contributed by atoms with Gasteiger partial charge in [-0.1, -0.05) is 24.3 Å². The molecule has 0 unspecified atom stereocenters. The van der Waals surface area contributed by atoms with Crippen LogP contribution in [0.2, 0.25) is 0 Å². The predicted octanol–water partition coefficient (Wildman–Crippen LogP) is 3.09. The van der Waals surface area contributed by atoms with Gasteiger partial charge in [-0.05, 0) is 43.0 Å². The maximum Gasteiger partial charge on any atom is 0.193 e. The Kier molecular flexibility index (Phi) is 6.22. The van der Waals surface area contributed by atoms with Crippen molar-refractivity contribution in [3.63, 3.8) is 0 Å². The second-order valence-corrected chi connectivity index (χ2v) is 7.57. The van der Waals surface area contributed by atoms with Crippen LogP contribution in [0.15, 0.2) is 47.6 Å². The fourth-order valence-electron chi connectivity index (χ4n) is 4.08. The largest absolute Gasteiger partial charge is 0.381 e. The third-order valence-corrected chi connectivity index (χ3v) is 5.78. The minimum Gasteiger partial charge on any atom is -0.381 e. The zero-order valence-corrected chi connectivity index (χ0v) is 17.0. The summed E-state index contributed by atoms with van der Waals surface area (Å²) < 4.78 is 7.83. The highest BCUT2D eigenvalue weighted by atomic mass is 16.5. The number of hydrogen-bond donors (Lipinski definition) is 1. The van der Waals surface area contributed by atoms with Crippen molar-refractivity contribution in [1.82, 2.24) is 14.8 Å². The molecule has 1 aromatic heterocycles. The standard InChI is InChI=1S/C22H32N4O/c1-18-8-5-6-10-20(18)22(11-14-27-15-12-22)17-24-21(23-2)26(4)16-19-9-7-13-25(19)3/h5-10,13H,11-12,14-17H2,1-4H3,(H,23,24). The summed E-state index contributed by atoms with van der Waals surface area (Å²) in [6.07, 6.45) is 4.14. The fraction of sp³-hybridized carbons (Fsp3) is 0.500. The second kappa shape index (κ2) is 8.61. The van der Waals surface area contributed by atoms with Crippen LogP contribution in [-0.2, 0) is 23.7 Å². The molecule has 5 nitrogen and oxygen atoms in total. The number of nitrogens with zero attached hydrogens (tertiary/aromatic N) is 3. The Balaban J connectivity index is 1.74. The number of aromatic nitrogens is 1. The maximum absolute atomic E-state index is 5.68. The number of guanidine groups is 1. The van der Waals surface area contributed by atoms with E-state index in [0.717, 1.165) is 45.1 Å². The molecule has 2 aromatic rings. The molecule has 1 N–H and O–H groups in total. The predicted molar refractivity (Wildman–Crippen MR) is 111 cm³/mol. The van der Waals surface area contributed by atoms with E-state index >= 15 is 0 Å². The van der Waals surface area contributed by atoms with Crippen molar-refractivity contribution >= 4 is 5.96 Å². The van der Waals surface area contributed by atoms with Crippen molar-refractivity contribution in [3.05, 3.63) is 59.4 Å². The molecule has 2 heterocycles. The number of ether oxygens (including phenoxy) is 1. The second-order valence-electron chi connectivity index (χ2n) is 7.57. The molecule has 1 aliphatic rings. The minimum absolute atomic E-state index is 0.0886. The Labute approximate surface area is 163 Å². The molecule has 0 saturated carbocycles. The highest BCUT2D eigenvalue weighted by Gasteiger charge is 2.35. The van der Waals surface area contributed by atoms with Gasteiger partial charge in [0.1, 0.15) is 0 Å². The SMILES string of the molecule is CN=C(NCC1(c2ccccc2C)CCOCC1)N(C)Cc1cccn1C. The Hall–Kier alpha value is -2.27. The van der Waals surface area contributed by atoms with Crippen LogP contribution in [0.4, 0.5) is 0 Å². The lowest BCUT2D eigenvalue weighted by Gasteiger charge is -2.39. The molecular formula is C22H32N4O. The number of aliphatic imine (C=N–C) groups is 1. The topological polar surface area (TPSA) is 41.8 Å². The Bertz CT molecular complexity index is 774. The number of hydrogen-bond acceptors (Lipinski definition) is 2. The van der Waals surface area contributed by atoms with Gasteiger partial charge in [0.05, 0.1) is 6.54 Å². The van der Waals surface area contributed by atoms with Crippen molar-refractivity contribution in [2.45, 2.75) is 31.7 Å².